The molecule has 6 nitrogen and oxygen atoms in total. The third-order valence-electron chi connectivity index (χ3n) is 4.74. The number of likely N-dealkylation sites (tertiary alicyclic amines) is 1. The summed E-state index contributed by atoms with van der Waals surface area (Å²) in [5.74, 6) is -0.535. The van der Waals surface area contributed by atoms with Gasteiger partial charge in [-0.2, -0.15) is 0 Å². The van der Waals surface area contributed by atoms with Crippen molar-refractivity contribution >= 4 is 28.9 Å². The Morgan fingerprint density at radius 3 is 2.31 bits per heavy atom. The highest BCUT2D eigenvalue weighted by Crippen LogP contribution is 2.31. The molecule has 2 fully saturated rings. The molecule has 2 aliphatic rings. The van der Waals surface area contributed by atoms with Gasteiger partial charge in [-0.15, -0.1) is 0 Å². The Morgan fingerprint density at radius 2 is 1.69 bits per heavy atom. The zero-order valence-electron chi connectivity index (χ0n) is 14.3. The van der Waals surface area contributed by atoms with Crippen molar-refractivity contribution in [2.75, 3.05) is 31.6 Å². The molecule has 1 aromatic carbocycles. The first-order valence-corrected chi connectivity index (χ1v) is 9.07. The van der Waals surface area contributed by atoms with Crippen LogP contribution in [0.5, 0.6) is 0 Å². The molecular formula is C19H20ClN3O3. The molecule has 1 spiro atoms. The molecule has 1 amide bonds. The van der Waals surface area contributed by atoms with Crippen molar-refractivity contribution in [3.63, 3.8) is 0 Å². The number of piperidine rings is 1. The van der Waals surface area contributed by atoms with Crippen LogP contribution in [0.15, 0.2) is 42.6 Å². The highest BCUT2D eigenvalue weighted by molar-refractivity contribution is 6.30. The van der Waals surface area contributed by atoms with Crippen molar-refractivity contribution in [2.45, 2.75) is 18.6 Å². The fourth-order valence-corrected chi connectivity index (χ4v) is 3.42. The fraction of sp³-hybridized carbons (Fsp3) is 0.368. The van der Waals surface area contributed by atoms with E-state index in [4.69, 9.17) is 21.1 Å². The van der Waals surface area contributed by atoms with Gasteiger partial charge in [0.2, 0.25) is 0 Å². The lowest BCUT2D eigenvalue weighted by Crippen LogP contribution is -2.47. The zero-order chi connectivity index (χ0) is 18.0. The van der Waals surface area contributed by atoms with Crippen molar-refractivity contribution in [1.82, 2.24) is 9.88 Å². The lowest BCUT2D eigenvalue weighted by Gasteiger charge is -2.37. The van der Waals surface area contributed by atoms with Crippen molar-refractivity contribution in [3.05, 3.63) is 53.3 Å². The SMILES string of the molecule is O=C(c1ccc(Nc2ccc(Cl)cc2)cn1)N1CCC2(CC1)OCCO2. The summed E-state index contributed by atoms with van der Waals surface area (Å²) in [4.78, 5) is 18.8. The quantitative estimate of drug-likeness (QED) is 0.892. The van der Waals surface area contributed by atoms with Crippen LogP contribution < -0.4 is 5.32 Å². The van der Waals surface area contributed by atoms with Crippen LogP contribution in [0.25, 0.3) is 0 Å². The van der Waals surface area contributed by atoms with E-state index < -0.39 is 5.79 Å². The Bertz CT molecular complexity index is 764. The molecule has 0 radical (unpaired) electrons. The third kappa shape index (κ3) is 3.67. The van der Waals surface area contributed by atoms with E-state index in [2.05, 4.69) is 10.3 Å². The number of hydrogen-bond donors (Lipinski definition) is 1. The van der Waals surface area contributed by atoms with Gasteiger partial charge in [0, 0.05) is 36.6 Å². The molecule has 0 aliphatic carbocycles. The number of nitrogens with one attached hydrogen (secondary N) is 1. The summed E-state index contributed by atoms with van der Waals surface area (Å²) >= 11 is 5.89. The molecule has 0 saturated carbocycles. The summed E-state index contributed by atoms with van der Waals surface area (Å²) in [6.07, 6.45) is 3.07. The standard InChI is InChI=1S/C19H20ClN3O3/c20-14-1-3-15(4-2-14)22-16-5-6-17(21-13-16)18(24)23-9-7-19(8-10-23)25-11-12-26-19/h1-6,13,22H,7-12H2. The summed E-state index contributed by atoms with van der Waals surface area (Å²) in [6, 6.07) is 11.0. The zero-order valence-corrected chi connectivity index (χ0v) is 15.0. The molecule has 136 valence electrons. The molecule has 3 heterocycles. The first-order chi connectivity index (χ1) is 12.6. The van der Waals surface area contributed by atoms with Gasteiger partial charge < -0.3 is 19.7 Å². The summed E-state index contributed by atoms with van der Waals surface area (Å²) in [5.41, 5.74) is 2.17. The van der Waals surface area contributed by atoms with Crippen LogP contribution in [-0.2, 0) is 9.47 Å². The number of nitrogens with zero attached hydrogens (tertiary/aromatic N) is 2. The smallest absolute Gasteiger partial charge is 0.272 e. The van der Waals surface area contributed by atoms with Crippen LogP contribution in [-0.4, -0.2) is 47.9 Å². The van der Waals surface area contributed by atoms with Gasteiger partial charge in [0.05, 0.1) is 25.1 Å². The molecule has 2 saturated heterocycles. The number of amides is 1. The molecule has 0 atom stereocenters. The minimum Gasteiger partial charge on any atom is -0.354 e. The highest BCUT2D eigenvalue weighted by atomic mass is 35.5. The van der Waals surface area contributed by atoms with Crippen molar-refractivity contribution in [2.24, 2.45) is 0 Å². The maximum Gasteiger partial charge on any atom is 0.272 e. The maximum absolute atomic E-state index is 12.7. The first kappa shape index (κ1) is 17.3. The average molecular weight is 374 g/mol. The van der Waals surface area contributed by atoms with Crippen LogP contribution >= 0.6 is 11.6 Å². The molecule has 7 heteroatoms. The monoisotopic (exact) mass is 373 g/mol. The van der Waals surface area contributed by atoms with E-state index in [0.29, 0.717) is 49.9 Å². The summed E-state index contributed by atoms with van der Waals surface area (Å²) in [5, 5.41) is 3.92. The van der Waals surface area contributed by atoms with Gasteiger partial charge in [0.15, 0.2) is 5.79 Å². The van der Waals surface area contributed by atoms with Gasteiger partial charge in [-0.1, -0.05) is 11.6 Å². The molecular weight excluding hydrogens is 354 g/mol. The summed E-state index contributed by atoms with van der Waals surface area (Å²) in [6.45, 7) is 2.51. The number of benzene rings is 1. The molecule has 1 aromatic heterocycles. The summed E-state index contributed by atoms with van der Waals surface area (Å²) in [7, 11) is 0. The second kappa shape index (κ2) is 7.23. The number of hydrogen-bond acceptors (Lipinski definition) is 5. The van der Waals surface area contributed by atoms with Gasteiger partial charge in [-0.05, 0) is 36.4 Å². The Morgan fingerprint density at radius 1 is 1.04 bits per heavy atom. The highest BCUT2D eigenvalue weighted by Gasteiger charge is 2.40. The number of halogens is 1. The normalized spacial score (nSPS) is 18.9. The van der Waals surface area contributed by atoms with Gasteiger partial charge in [0.25, 0.3) is 5.91 Å². The lowest BCUT2D eigenvalue weighted by atomic mass is 10.0. The van der Waals surface area contributed by atoms with E-state index in [1.807, 2.05) is 35.2 Å². The van der Waals surface area contributed by atoms with Gasteiger partial charge >= 0.3 is 0 Å². The van der Waals surface area contributed by atoms with Crippen LogP contribution in [0.4, 0.5) is 11.4 Å². The van der Waals surface area contributed by atoms with E-state index in [-0.39, 0.29) is 5.91 Å². The molecule has 4 rings (SSSR count). The van der Waals surface area contributed by atoms with Crippen LogP contribution in [0.2, 0.25) is 5.02 Å². The van der Waals surface area contributed by atoms with Gasteiger partial charge in [-0.25, -0.2) is 4.98 Å². The number of aromatic nitrogens is 1. The number of anilines is 2. The second-order valence-corrected chi connectivity index (χ2v) is 6.90. The molecule has 26 heavy (non-hydrogen) atoms. The van der Waals surface area contributed by atoms with E-state index in [0.717, 1.165) is 11.4 Å². The molecule has 1 N–H and O–H groups in total. The lowest BCUT2D eigenvalue weighted by molar-refractivity contribution is -0.181. The van der Waals surface area contributed by atoms with Crippen molar-refractivity contribution < 1.29 is 14.3 Å². The number of carbonyl (C=O) groups excluding carboxylic acids is 1. The number of rotatable bonds is 3. The summed E-state index contributed by atoms with van der Waals surface area (Å²) < 4.78 is 11.4. The van der Waals surface area contributed by atoms with Crippen LogP contribution in [0, 0.1) is 0 Å². The van der Waals surface area contributed by atoms with Gasteiger partial charge in [0.1, 0.15) is 5.69 Å². The second-order valence-electron chi connectivity index (χ2n) is 6.46. The topological polar surface area (TPSA) is 63.7 Å². The van der Waals surface area contributed by atoms with Crippen LogP contribution in [0.3, 0.4) is 0 Å². The van der Waals surface area contributed by atoms with E-state index >= 15 is 0 Å². The van der Waals surface area contributed by atoms with Gasteiger partial charge in [-0.3, -0.25) is 4.79 Å². The average Bonchev–Trinajstić information content (AvgIpc) is 3.12. The fourth-order valence-electron chi connectivity index (χ4n) is 3.29. The minimum absolute atomic E-state index is 0.0594. The Balaban J connectivity index is 1.37. The Hall–Kier alpha value is -2.15. The largest absolute Gasteiger partial charge is 0.354 e. The Labute approximate surface area is 157 Å². The molecule has 0 unspecified atom stereocenters. The predicted molar refractivity (Wildman–Crippen MR) is 98.7 cm³/mol. The minimum atomic E-state index is -0.476. The molecule has 0 bridgehead atoms. The molecule has 2 aliphatic heterocycles. The van der Waals surface area contributed by atoms with E-state index in [1.165, 1.54) is 0 Å². The number of ether oxygens (including phenoxy) is 2. The first-order valence-electron chi connectivity index (χ1n) is 8.69. The number of pyridine rings is 1. The molecule has 2 aromatic rings. The maximum atomic E-state index is 12.7. The van der Waals surface area contributed by atoms with Crippen molar-refractivity contribution in [1.29, 1.82) is 0 Å². The van der Waals surface area contributed by atoms with E-state index in [9.17, 15) is 4.79 Å². The third-order valence-corrected chi connectivity index (χ3v) is 4.99. The predicted octanol–water partition coefficient (Wildman–Crippen LogP) is 3.46. The Kier molecular flexibility index (Phi) is 4.80. The van der Waals surface area contributed by atoms with Crippen molar-refractivity contribution in [3.8, 4) is 0 Å². The van der Waals surface area contributed by atoms with Crippen LogP contribution in [0.1, 0.15) is 23.3 Å². The van der Waals surface area contributed by atoms with E-state index in [1.54, 1.807) is 12.3 Å². The number of carbonyl (C=O) groups is 1.